The maximum atomic E-state index is 12.1. The molecule has 0 spiro atoms. The molecule has 148 valence electrons. The van der Waals surface area contributed by atoms with Gasteiger partial charge in [0.05, 0.1) is 5.69 Å². The number of carbonyl (C=O) groups excluding carboxylic acids is 1. The van der Waals surface area contributed by atoms with Crippen molar-refractivity contribution in [3.05, 3.63) is 71.4 Å². The summed E-state index contributed by atoms with van der Waals surface area (Å²) in [6, 6.07) is 14.6. The zero-order valence-electron chi connectivity index (χ0n) is 15.6. The number of ether oxygens (including phenoxy) is 2. The second-order valence-corrected chi connectivity index (χ2v) is 7.04. The van der Waals surface area contributed by atoms with Gasteiger partial charge in [-0.2, -0.15) is 0 Å². The quantitative estimate of drug-likeness (QED) is 0.498. The third-order valence-electron chi connectivity index (χ3n) is 4.23. The topological polar surface area (TPSA) is 76.9 Å². The number of nitrogens with zero attached hydrogens (tertiary/aromatic N) is 2. The Labute approximate surface area is 171 Å². The summed E-state index contributed by atoms with van der Waals surface area (Å²) in [5, 5.41) is 9.00. The van der Waals surface area contributed by atoms with Crippen molar-refractivity contribution in [3.8, 4) is 22.8 Å². The van der Waals surface area contributed by atoms with E-state index in [2.05, 4.69) is 22.4 Å². The Morgan fingerprint density at radius 3 is 2.76 bits per heavy atom. The molecule has 2 heterocycles. The molecule has 1 aliphatic rings. The zero-order valence-corrected chi connectivity index (χ0v) is 16.4. The fourth-order valence-electron chi connectivity index (χ4n) is 2.94. The number of nitrogens with one attached hydrogen (secondary N) is 2. The first-order valence-corrected chi connectivity index (χ1v) is 9.97. The minimum Gasteiger partial charge on any atom is -0.486 e. The third kappa shape index (κ3) is 4.33. The van der Waals surface area contributed by atoms with Gasteiger partial charge in [-0.3, -0.25) is 0 Å². The molecule has 7 nitrogen and oxygen atoms in total. The SMILES string of the molecule is C=CCn1c(-c2ccc3c(c2)OCCO3)cs/c1=N\NC(=O)Nc1ccccc1. The van der Waals surface area contributed by atoms with Gasteiger partial charge in [-0.25, -0.2) is 10.2 Å². The second kappa shape index (κ2) is 8.66. The number of hydrogen-bond acceptors (Lipinski definition) is 5. The largest absolute Gasteiger partial charge is 0.486 e. The molecule has 2 aromatic carbocycles. The van der Waals surface area contributed by atoms with Gasteiger partial charge in [0.1, 0.15) is 13.2 Å². The minimum atomic E-state index is -0.407. The first-order chi connectivity index (χ1) is 14.2. The summed E-state index contributed by atoms with van der Waals surface area (Å²) in [4.78, 5) is 12.8. The first-order valence-electron chi connectivity index (χ1n) is 9.09. The lowest BCUT2D eigenvalue weighted by Crippen LogP contribution is -2.28. The Hall–Kier alpha value is -3.52. The van der Waals surface area contributed by atoms with Gasteiger partial charge in [0, 0.05) is 23.2 Å². The average molecular weight is 408 g/mol. The van der Waals surface area contributed by atoms with Crippen molar-refractivity contribution in [1.82, 2.24) is 9.99 Å². The van der Waals surface area contributed by atoms with Crippen LogP contribution in [0.1, 0.15) is 0 Å². The van der Waals surface area contributed by atoms with Gasteiger partial charge in [-0.15, -0.1) is 23.0 Å². The second-order valence-electron chi connectivity index (χ2n) is 6.20. The Bertz CT molecular complexity index is 1090. The number of carbonyl (C=O) groups is 1. The zero-order chi connectivity index (χ0) is 20.1. The summed E-state index contributed by atoms with van der Waals surface area (Å²) < 4.78 is 13.3. The summed E-state index contributed by atoms with van der Waals surface area (Å²) in [5.41, 5.74) is 5.17. The van der Waals surface area contributed by atoms with Crippen LogP contribution < -0.4 is 25.0 Å². The van der Waals surface area contributed by atoms with Gasteiger partial charge < -0.3 is 19.4 Å². The molecule has 0 radical (unpaired) electrons. The van der Waals surface area contributed by atoms with E-state index >= 15 is 0 Å². The molecule has 0 atom stereocenters. The van der Waals surface area contributed by atoms with Crippen molar-refractivity contribution >= 4 is 23.1 Å². The van der Waals surface area contributed by atoms with E-state index in [4.69, 9.17) is 9.47 Å². The Morgan fingerprint density at radius 2 is 1.97 bits per heavy atom. The summed E-state index contributed by atoms with van der Waals surface area (Å²) >= 11 is 1.43. The summed E-state index contributed by atoms with van der Waals surface area (Å²) in [6.07, 6.45) is 1.79. The van der Waals surface area contributed by atoms with Gasteiger partial charge in [0.15, 0.2) is 11.5 Å². The molecule has 4 rings (SSSR count). The number of hydrogen-bond donors (Lipinski definition) is 2. The van der Waals surface area contributed by atoms with Crippen molar-refractivity contribution in [2.75, 3.05) is 18.5 Å². The molecule has 0 bridgehead atoms. The number of amides is 2. The van der Waals surface area contributed by atoms with Crippen LogP contribution in [0.25, 0.3) is 11.3 Å². The first kappa shape index (κ1) is 18.8. The summed E-state index contributed by atoms with van der Waals surface area (Å²) in [7, 11) is 0. The molecule has 0 aliphatic carbocycles. The van der Waals surface area contributed by atoms with Crippen molar-refractivity contribution in [2.45, 2.75) is 6.54 Å². The molecular formula is C21H20N4O3S. The molecular weight excluding hydrogens is 388 g/mol. The van der Waals surface area contributed by atoms with Crippen LogP contribution in [-0.2, 0) is 6.54 Å². The van der Waals surface area contributed by atoms with E-state index in [1.165, 1.54) is 11.3 Å². The smallest absolute Gasteiger partial charge is 0.339 e. The molecule has 1 aromatic heterocycles. The molecule has 2 N–H and O–H groups in total. The highest BCUT2D eigenvalue weighted by Gasteiger charge is 2.15. The average Bonchev–Trinajstić information content (AvgIpc) is 3.15. The Balaban J connectivity index is 1.58. The highest BCUT2D eigenvalue weighted by Crippen LogP contribution is 2.34. The maximum Gasteiger partial charge on any atom is 0.339 e. The van der Waals surface area contributed by atoms with Crippen molar-refractivity contribution in [1.29, 1.82) is 0 Å². The monoisotopic (exact) mass is 408 g/mol. The van der Waals surface area contributed by atoms with Crippen LogP contribution in [0.5, 0.6) is 11.5 Å². The van der Waals surface area contributed by atoms with E-state index in [1.807, 2.05) is 58.5 Å². The number of rotatable bonds is 5. The van der Waals surface area contributed by atoms with E-state index in [0.717, 1.165) is 22.8 Å². The molecule has 3 aromatic rings. The van der Waals surface area contributed by atoms with E-state index in [-0.39, 0.29) is 0 Å². The summed E-state index contributed by atoms with van der Waals surface area (Å²) in [5.74, 6) is 1.47. The molecule has 2 amide bonds. The molecule has 29 heavy (non-hydrogen) atoms. The lowest BCUT2D eigenvalue weighted by atomic mass is 10.1. The number of anilines is 1. The van der Waals surface area contributed by atoms with Crippen LogP contribution >= 0.6 is 11.3 Å². The molecule has 1 aliphatic heterocycles. The third-order valence-corrected chi connectivity index (χ3v) is 5.10. The van der Waals surface area contributed by atoms with Crippen molar-refractivity contribution in [3.63, 3.8) is 0 Å². The van der Waals surface area contributed by atoms with Crippen LogP contribution in [0.15, 0.2) is 71.7 Å². The summed E-state index contributed by atoms with van der Waals surface area (Å²) in [6.45, 7) is 5.47. The number of allylic oxidation sites excluding steroid dienone is 1. The lowest BCUT2D eigenvalue weighted by molar-refractivity contribution is 0.171. The number of benzene rings is 2. The number of aromatic nitrogens is 1. The minimum absolute atomic E-state index is 0.407. The fraction of sp³-hybridized carbons (Fsp3) is 0.143. The highest BCUT2D eigenvalue weighted by molar-refractivity contribution is 7.07. The Kier molecular flexibility index (Phi) is 5.62. The number of thiazole rings is 1. The van der Waals surface area contributed by atoms with Crippen LogP contribution in [0.2, 0.25) is 0 Å². The predicted octanol–water partition coefficient (Wildman–Crippen LogP) is 3.81. The maximum absolute atomic E-state index is 12.1. The van der Waals surface area contributed by atoms with Crippen LogP contribution in [-0.4, -0.2) is 23.8 Å². The Morgan fingerprint density at radius 1 is 1.17 bits per heavy atom. The molecule has 0 fully saturated rings. The highest BCUT2D eigenvalue weighted by atomic mass is 32.1. The number of fused-ring (bicyclic) bond motifs is 1. The molecule has 0 unspecified atom stereocenters. The molecule has 8 heteroatoms. The van der Waals surface area contributed by atoms with E-state index in [1.54, 1.807) is 6.08 Å². The van der Waals surface area contributed by atoms with E-state index in [9.17, 15) is 4.79 Å². The van der Waals surface area contributed by atoms with Crippen LogP contribution in [0.4, 0.5) is 10.5 Å². The van der Waals surface area contributed by atoms with Gasteiger partial charge >= 0.3 is 6.03 Å². The lowest BCUT2D eigenvalue weighted by Gasteiger charge is -2.19. The fourth-order valence-corrected chi connectivity index (χ4v) is 3.82. The predicted molar refractivity (Wildman–Crippen MR) is 113 cm³/mol. The number of urea groups is 1. The van der Waals surface area contributed by atoms with Crippen molar-refractivity contribution in [2.24, 2.45) is 5.10 Å². The standard InChI is InChI=1S/C21H20N4O3S/c1-2-10-25-17(15-8-9-18-19(13-15)28-12-11-27-18)14-29-21(25)24-23-20(26)22-16-6-4-3-5-7-16/h2-9,13-14H,1,10-12H2,(H2,22,23,26)/b24-21-. The molecule has 0 saturated heterocycles. The normalized spacial score (nSPS) is 13.0. The number of para-hydroxylation sites is 1. The van der Waals surface area contributed by atoms with Crippen LogP contribution in [0, 0.1) is 0 Å². The van der Waals surface area contributed by atoms with Crippen LogP contribution in [0.3, 0.4) is 0 Å². The van der Waals surface area contributed by atoms with Gasteiger partial charge in [0.2, 0.25) is 4.80 Å². The van der Waals surface area contributed by atoms with Gasteiger partial charge in [-0.05, 0) is 30.3 Å². The van der Waals surface area contributed by atoms with Crippen molar-refractivity contribution < 1.29 is 14.3 Å². The van der Waals surface area contributed by atoms with Gasteiger partial charge in [-0.1, -0.05) is 24.3 Å². The van der Waals surface area contributed by atoms with E-state index < -0.39 is 6.03 Å². The van der Waals surface area contributed by atoms with Gasteiger partial charge in [0.25, 0.3) is 0 Å². The van der Waals surface area contributed by atoms with E-state index in [0.29, 0.717) is 30.2 Å². The molecule has 0 saturated carbocycles.